The molecular weight excluding hydrogens is 204 g/mol. The Morgan fingerprint density at radius 2 is 2.12 bits per heavy atom. The SMILES string of the molecule is CC/C=C/CCOC(=O)c1ccccc1O. The molecule has 1 aromatic rings. The molecule has 0 fully saturated rings. The molecule has 0 saturated carbocycles. The third kappa shape index (κ3) is 3.77. The maximum Gasteiger partial charge on any atom is 0.341 e. The lowest BCUT2D eigenvalue weighted by atomic mass is 10.2. The van der Waals surface area contributed by atoms with E-state index in [0.717, 1.165) is 6.42 Å². The number of phenols is 1. The van der Waals surface area contributed by atoms with Crippen LogP contribution in [0.3, 0.4) is 0 Å². The highest BCUT2D eigenvalue weighted by Crippen LogP contribution is 2.16. The summed E-state index contributed by atoms with van der Waals surface area (Å²) < 4.78 is 5.01. The number of aromatic hydroxyl groups is 1. The average Bonchev–Trinajstić information content (AvgIpc) is 2.29. The van der Waals surface area contributed by atoms with Gasteiger partial charge in [-0.25, -0.2) is 4.79 Å². The van der Waals surface area contributed by atoms with Gasteiger partial charge >= 0.3 is 5.97 Å². The van der Waals surface area contributed by atoms with E-state index in [9.17, 15) is 9.90 Å². The monoisotopic (exact) mass is 220 g/mol. The number of hydrogen-bond acceptors (Lipinski definition) is 3. The van der Waals surface area contributed by atoms with Crippen molar-refractivity contribution in [2.24, 2.45) is 0 Å². The molecule has 0 saturated heterocycles. The molecule has 16 heavy (non-hydrogen) atoms. The van der Waals surface area contributed by atoms with E-state index < -0.39 is 5.97 Å². The third-order valence-electron chi connectivity index (χ3n) is 2.04. The van der Waals surface area contributed by atoms with E-state index in [2.05, 4.69) is 0 Å². The first-order valence-electron chi connectivity index (χ1n) is 5.35. The van der Waals surface area contributed by atoms with Gasteiger partial charge in [-0.1, -0.05) is 31.2 Å². The number of carbonyl (C=O) groups excluding carboxylic acids is 1. The molecule has 0 amide bonds. The van der Waals surface area contributed by atoms with Crippen LogP contribution in [0, 0.1) is 0 Å². The molecule has 0 aliphatic heterocycles. The summed E-state index contributed by atoms with van der Waals surface area (Å²) in [6.45, 7) is 2.38. The van der Waals surface area contributed by atoms with E-state index in [1.54, 1.807) is 18.2 Å². The Bertz CT molecular complexity index is 369. The largest absolute Gasteiger partial charge is 0.507 e. The number of phenolic OH excluding ortho intramolecular Hbond substituents is 1. The summed E-state index contributed by atoms with van der Waals surface area (Å²) in [5.41, 5.74) is 0.210. The standard InChI is InChI=1S/C13H16O3/c1-2-3-4-7-10-16-13(15)11-8-5-6-9-12(11)14/h3-6,8-9,14H,2,7,10H2,1H3/b4-3+. The summed E-state index contributed by atoms with van der Waals surface area (Å²) in [7, 11) is 0. The highest BCUT2D eigenvalue weighted by Gasteiger charge is 2.10. The molecule has 1 aromatic carbocycles. The maximum atomic E-state index is 11.5. The molecule has 1 rings (SSSR count). The van der Waals surface area contributed by atoms with Crippen LogP contribution in [0.15, 0.2) is 36.4 Å². The predicted molar refractivity (Wildman–Crippen MR) is 62.4 cm³/mol. The van der Waals surface area contributed by atoms with Crippen molar-refractivity contribution in [1.29, 1.82) is 0 Å². The lowest BCUT2D eigenvalue weighted by Crippen LogP contribution is -2.06. The van der Waals surface area contributed by atoms with E-state index in [1.165, 1.54) is 6.07 Å². The summed E-state index contributed by atoms with van der Waals surface area (Å²) in [6, 6.07) is 6.36. The second-order valence-electron chi connectivity index (χ2n) is 3.32. The Morgan fingerprint density at radius 1 is 1.38 bits per heavy atom. The van der Waals surface area contributed by atoms with Crippen LogP contribution in [-0.4, -0.2) is 17.7 Å². The van der Waals surface area contributed by atoms with E-state index in [-0.39, 0.29) is 11.3 Å². The van der Waals surface area contributed by atoms with Gasteiger partial charge in [-0.05, 0) is 25.0 Å². The topological polar surface area (TPSA) is 46.5 Å². The molecule has 3 heteroatoms. The maximum absolute atomic E-state index is 11.5. The third-order valence-corrected chi connectivity index (χ3v) is 2.04. The van der Waals surface area contributed by atoms with Crippen LogP contribution < -0.4 is 0 Å². The number of carbonyl (C=O) groups is 1. The molecule has 3 nitrogen and oxygen atoms in total. The second-order valence-corrected chi connectivity index (χ2v) is 3.32. The number of para-hydroxylation sites is 1. The molecule has 86 valence electrons. The number of esters is 1. The van der Waals surface area contributed by atoms with Gasteiger partial charge in [-0.3, -0.25) is 0 Å². The number of benzene rings is 1. The number of allylic oxidation sites excluding steroid dienone is 1. The Kier molecular flexibility index (Phi) is 5.12. The second kappa shape index (κ2) is 6.67. The molecule has 0 radical (unpaired) electrons. The minimum atomic E-state index is -0.483. The molecule has 0 aromatic heterocycles. The molecule has 0 atom stereocenters. The molecule has 0 aliphatic rings. The van der Waals surface area contributed by atoms with Gasteiger partial charge in [-0.2, -0.15) is 0 Å². The van der Waals surface area contributed by atoms with Gasteiger partial charge in [0.05, 0.1) is 6.61 Å². The first kappa shape index (κ1) is 12.3. The van der Waals surface area contributed by atoms with Crippen molar-refractivity contribution < 1.29 is 14.6 Å². The van der Waals surface area contributed by atoms with Crippen molar-refractivity contribution in [2.45, 2.75) is 19.8 Å². The zero-order chi connectivity index (χ0) is 11.8. The fraction of sp³-hybridized carbons (Fsp3) is 0.308. The van der Waals surface area contributed by atoms with E-state index in [0.29, 0.717) is 13.0 Å². The average molecular weight is 220 g/mol. The molecular formula is C13H16O3. The number of ether oxygens (including phenoxy) is 1. The normalized spacial score (nSPS) is 10.6. The first-order valence-corrected chi connectivity index (χ1v) is 5.35. The fourth-order valence-electron chi connectivity index (χ4n) is 1.23. The van der Waals surface area contributed by atoms with Crippen LogP contribution in [0.5, 0.6) is 5.75 Å². The van der Waals surface area contributed by atoms with E-state index in [4.69, 9.17) is 4.74 Å². The quantitative estimate of drug-likeness (QED) is 0.471. The Morgan fingerprint density at radius 3 is 2.81 bits per heavy atom. The van der Waals surface area contributed by atoms with Crippen LogP contribution in [0.2, 0.25) is 0 Å². The van der Waals surface area contributed by atoms with Gasteiger partial charge in [0, 0.05) is 0 Å². The van der Waals surface area contributed by atoms with Crippen molar-refractivity contribution in [3.63, 3.8) is 0 Å². The van der Waals surface area contributed by atoms with Crippen molar-refractivity contribution in [1.82, 2.24) is 0 Å². The minimum Gasteiger partial charge on any atom is -0.507 e. The van der Waals surface area contributed by atoms with Gasteiger partial charge in [0.15, 0.2) is 0 Å². The van der Waals surface area contributed by atoms with Crippen LogP contribution in [0.25, 0.3) is 0 Å². The molecule has 0 heterocycles. The van der Waals surface area contributed by atoms with Crippen LogP contribution in [0.4, 0.5) is 0 Å². The van der Waals surface area contributed by atoms with Gasteiger partial charge in [-0.15, -0.1) is 0 Å². The molecule has 0 unspecified atom stereocenters. The van der Waals surface area contributed by atoms with Crippen molar-refractivity contribution in [3.05, 3.63) is 42.0 Å². The summed E-state index contributed by atoms with van der Waals surface area (Å²) in [5.74, 6) is -0.528. The van der Waals surface area contributed by atoms with Crippen LogP contribution in [-0.2, 0) is 4.74 Å². The van der Waals surface area contributed by atoms with Gasteiger partial charge in [0.2, 0.25) is 0 Å². The zero-order valence-electron chi connectivity index (χ0n) is 9.35. The smallest absolute Gasteiger partial charge is 0.341 e. The van der Waals surface area contributed by atoms with Crippen molar-refractivity contribution in [3.8, 4) is 5.75 Å². The van der Waals surface area contributed by atoms with Crippen LogP contribution >= 0.6 is 0 Å². The minimum absolute atomic E-state index is 0.0448. The molecule has 0 spiro atoms. The molecule has 0 aliphatic carbocycles. The zero-order valence-corrected chi connectivity index (χ0v) is 9.35. The Labute approximate surface area is 95.4 Å². The Hall–Kier alpha value is -1.77. The highest BCUT2D eigenvalue weighted by atomic mass is 16.5. The molecule has 1 N–H and O–H groups in total. The number of hydrogen-bond donors (Lipinski definition) is 1. The first-order chi connectivity index (χ1) is 7.75. The fourth-order valence-corrected chi connectivity index (χ4v) is 1.23. The summed E-state index contributed by atoms with van der Waals surface area (Å²) in [5, 5.41) is 9.41. The van der Waals surface area contributed by atoms with Crippen molar-refractivity contribution >= 4 is 5.97 Å². The van der Waals surface area contributed by atoms with E-state index >= 15 is 0 Å². The van der Waals surface area contributed by atoms with Gasteiger partial charge in [0.1, 0.15) is 11.3 Å². The van der Waals surface area contributed by atoms with Gasteiger partial charge < -0.3 is 9.84 Å². The van der Waals surface area contributed by atoms with Crippen LogP contribution in [0.1, 0.15) is 30.1 Å². The highest BCUT2D eigenvalue weighted by molar-refractivity contribution is 5.92. The van der Waals surface area contributed by atoms with E-state index in [1.807, 2.05) is 19.1 Å². The van der Waals surface area contributed by atoms with Gasteiger partial charge in [0.25, 0.3) is 0 Å². The predicted octanol–water partition coefficient (Wildman–Crippen LogP) is 2.91. The number of rotatable bonds is 5. The molecule has 0 bridgehead atoms. The lowest BCUT2D eigenvalue weighted by molar-refractivity contribution is 0.0508. The summed E-state index contributed by atoms with van der Waals surface area (Å²) in [4.78, 5) is 11.5. The summed E-state index contributed by atoms with van der Waals surface area (Å²) >= 11 is 0. The lowest BCUT2D eigenvalue weighted by Gasteiger charge is -2.04. The summed E-state index contributed by atoms with van der Waals surface area (Å²) in [6.07, 6.45) is 5.67. The Balaban J connectivity index is 2.41. The van der Waals surface area contributed by atoms with Crippen molar-refractivity contribution in [2.75, 3.05) is 6.61 Å².